The van der Waals surface area contributed by atoms with Crippen molar-refractivity contribution in [3.8, 4) is 0 Å². The molecule has 172 valence electrons. The molecule has 0 bridgehead atoms. The van der Waals surface area contributed by atoms with Gasteiger partial charge in [-0.3, -0.25) is 19.9 Å². The minimum absolute atomic E-state index is 0.240. The van der Waals surface area contributed by atoms with Crippen LogP contribution in [0, 0.1) is 0 Å². The molecule has 0 radical (unpaired) electrons. The molecule has 0 unspecified atom stereocenters. The Morgan fingerprint density at radius 1 is 0.571 bits per heavy atom. The van der Waals surface area contributed by atoms with Gasteiger partial charge in [0.1, 0.15) is 0 Å². The van der Waals surface area contributed by atoms with Crippen LogP contribution in [0.5, 0.6) is 0 Å². The van der Waals surface area contributed by atoms with Gasteiger partial charge in [-0.2, -0.15) is 0 Å². The second kappa shape index (κ2) is 9.74. The van der Waals surface area contributed by atoms with Crippen LogP contribution in [0.25, 0.3) is 0 Å². The van der Waals surface area contributed by atoms with Crippen molar-refractivity contribution in [1.82, 2.24) is 10.9 Å². The Kier molecular flexibility index (Phi) is 6.19. The molecule has 0 atom stereocenters. The number of nitrogens with zero attached hydrogens (tertiary/aromatic N) is 1. The third-order valence-corrected chi connectivity index (χ3v) is 6.49. The summed E-state index contributed by atoms with van der Waals surface area (Å²) in [5.74, 6) is -0.720. The molecule has 0 saturated heterocycles. The fourth-order valence-electron chi connectivity index (χ4n) is 3.66. The van der Waals surface area contributed by atoms with Crippen LogP contribution in [-0.4, -0.2) is 17.8 Å². The first-order valence-corrected chi connectivity index (χ1v) is 11.6. The van der Waals surface area contributed by atoms with E-state index < -0.39 is 11.9 Å². The fraction of sp³-hybridized carbons (Fsp3) is 0. The van der Waals surface area contributed by atoms with Crippen molar-refractivity contribution in [3.05, 3.63) is 114 Å². The van der Waals surface area contributed by atoms with E-state index in [0.29, 0.717) is 16.8 Å². The van der Waals surface area contributed by atoms with E-state index in [0.717, 1.165) is 21.2 Å². The van der Waals surface area contributed by atoms with Crippen LogP contribution in [-0.2, 0) is 0 Å². The molecule has 4 amide bonds. The van der Waals surface area contributed by atoms with Crippen molar-refractivity contribution in [2.24, 2.45) is 0 Å². The van der Waals surface area contributed by atoms with E-state index in [2.05, 4.69) is 16.2 Å². The van der Waals surface area contributed by atoms with E-state index in [1.807, 2.05) is 54.6 Å². The Morgan fingerprint density at radius 2 is 1.11 bits per heavy atom. The lowest BCUT2D eigenvalue weighted by Gasteiger charge is -2.30. The zero-order valence-corrected chi connectivity index (χ0v) is 19.2. The standard InChI is InChI=1S/C27H20N4O3S/c32-25(18-8-2-1-3-9-18)28-20-16-14-19(15-17-20)26(33)29-30-27(34)31-21-10-4-6-12-23(21)35-24-13-7-5-11-22(24)31/h1-17H,(H,28,32)(H,29,33)(H,30,34). The van der Waals surface area contributed by atoms with Crippen molar-refractivity contribution >= 4 is 46.7 Å². The summed E-state index contributed by atoms with van der Waals surface area (Å²) in [6, 6.07) is 30.0. The number of para-hydroxylation sites is 2. The Balaban J connectivity index is 1.25. The number of fused-ring (bicyclic) bond motifs is 2. The molecule has 1 aliphatic rings. The van der Waals surface area contributed by atoms with Crippen LogP contribution < -0.4 is 21.1 Å². The number of hydrogen-bond acceptors (Lipinski definition) is 4. The largest absolute Gasteiger partial charge is 0.345 e. The van der Waals surface area contributed by atoms with Crippen LogP contribution in [0.1, 0.15) is 20.7 Å². The molecule has 4 aromatic carbocycles. The summed E-state index contributed by atoms with van der Waals surface area (Å²) in [6.07, 6.45) is 0. The second-order valence-electron chi connectivity index (χ2n) is 7.65. The number of hydrazine groups is 1. The van der Waals surface area contributed by atoms with Crippen molar-refractivity contribution in [1.29, 1.82) is 0 Å². The molecule has 0 spiro atoms. The SMILES string of the molecule is O=C(NNC(=O)N1c2ccccc2Sc2ccccc21)c1ccc(NC(=O)c2ccccc2)cc1. The van der Waals surface area contributed by atoms with Gasteiger partial charge in [0.15, 0.2) is 0 Å². The van der Waals surface area contributed by atoms with Crippen LogP contribution in [0.2, 0.25) is 0 Å². The van der Waals surface area contributed by atoms with Crippen molar-refractivity contribution in [2.45, 2.75) is 9.79 Å². The van der Waals surface area contributed by atoms with Crippen molar-refractivity contribution in [2.75, 3.05) is 10.2 Å². The van der Waals surface area contributed by atoms with Gasteiger partial charge in [0, 0.05) is 26.6 Å². The molecule has 0 fully saturated rings. The van der Waals surface area contributed by atoms with Crippen LogP contribution in [0.15, 0.2) is 113 Å². The number of benzene rings is 4. The highest BCUT2D eigenvalue weighted by Gasteiger charge is 2.28. The summed E-state index contributed by atoms with van der Waals surface area (Å²) < 4.78 is 0. The highest BCUT2D eigenvalue weighted by molar-refractivity contribution is 7.99. The molecule has 0 aliphatic carbocycles. The number of hydrogen-bond donors (Lipinski definition) is 3. The van der Waals surface area contributed by atoms with Gasteiger partial charge in [0.2, 0.25) is 0 Å². The molecule has 4 aromatic rings. The van der Waals surface area contributed by atoms with Crippen LogP contribution >= 0.6 is 11.8 Å². The molecule has 1 aliphatic heterocycles. The predicted molar refractivity (Wildman–Crippen MR) is 136 cm³/mol. The third kappa shape index (κ3) is 4.73. The van der Waals surface area contributed by atoms with Gasteiger partial charge in [0.05, 0.1) is 11.4 Å². The summed E-state index contributed by atoms with van der Waals surface area (Å²) in [4.78, 5) is 41.5. The predicted octanol–water partition coefficient (Wildman–Crippen LogP) is 5.60. The molecule has 8 heteroatoms. The summed E-state index contributed by atoms with van der Waals surface area (Å²) in [5.41, 5.74) is 7.88. The molecule has 1 heterocycles. The normalized spacial score (nSPS) is 11.6. The third-order valence-electron chi connectivity index (χ3n) is 5.36. The van der Waals surface area contributed by atoms with E-state index in [9.17, 15) is 14.4 Å². The lowest BCUT2D eigenvalue weighted by molar-refractivity contribution is 0.0937. The summed E-state index contributed by atoms with van der Waals surface area (Å²) >= 11 is 1.59. The highest BCUT2D eigenvalue weighted by atomic mass is 32.2. The lowest BCUT2D eigenvalue weighted by Crippen LogP contribution is -2.48. The molecule has 3 N–H and O–H groups in total. The van der Waals surface area contributed by atoms with Gasteiger partial charge >= 0.3 is 6.03 Å². The molecular formula is C27H20N4O3S. The number of urea groups is 1. The number of rotatable bonds is 3. The summed E-state index contributed by atoms with van der Waals surface area (Å²) in [6.45, 7) is 0. The number of amides is 4. The second-order valence-corrected chi connectivity index (χ2v) is 8.74. The van der Waals surface area contributed by atoms with Crippen molar-refractivity contribution < 1.29 is 14.4 Å². The highest BCUT2D eigenvalue weighted by Crippen LogP contribution is 2.47. The van der Waals surface area contributed by atoms with E-state index in [4.69, 9.17) is 0 Å². The lowest BCUT2D eigenvalue weighted by atomic mass is 10.1. The molecule has 5 rings (SSSR count). The number of carbonyl (C=O) groups excluding carboxylic acids is 3. The molecule has 7 nitrogen and oxygen atoms in total. The van der Waals surface area contributed by atoms with Crippen LogP contribution in [0.3, 0.4) is 0 Å². The van der Waals surface area contributed by atoms with Gasteiger partial charge in [-0.05, 0) is 60.7 Å². The zero-order chi connectivity index (χ0) is 24.2. The number of carbonyl (C=O) groups is 3. The minimum Gasteiger partial charge on any atom is -0.322 e. The quantitative estimate of drug-likeness (QED) is 0.333. The van der Waals surface area contributed by atoms with Crippen LogP contribution in [0.4, 0.5) is 21.9 Å². The van der Waals surface area contributed by atoms with Gasteiger partial charge in [-0.15, -0.1) is 0 Å². The first kappa shape index (κ1) is 22.2. The smallest absolute Gasteiger partial charge is 0.322 e. The average molecular weight is 481 g/mol. The maximum absolute atomic E-state index is 13.1. The van der Waals surface area contributed by atoms with Gasteiger partial charge in [-0.1, -0.05) is 54.2 Å². The topological polar surface area (TPSA) is 90.5 Å². The maximum atomic E-state index is 13.1. The monoisotopic (exact) mass is 480 g/mol. The summed E-state index contributed by atoms with van der Waals surface area (Å²) in [5, 5.41) is 2.79. The van der Waals surface area contributed by atoms with E-state index in [1.165, 1.54) is 0 Å². The molecule has 0 saturated carbocycles. The zero-order valence-electron chi connectivity index (χ0n) is 18.4. The molecule has 35 heavy (non-hydrogen) atoms. The van der Waals surface area contributed by atoms with E-state index in [1.54, 1.807) is 65.2 Å². The van der Waals surface area contributed by atoms with E-state index in [-0.39, 0.29) is 5.91 Å². The molecule has 0 aromatic heterocycles. The Bertz CT molecular complexity index is 1360. The first-order chi connectivity index (χ1) is 17.1. The Labute approximate surface area is 206 Å². The van der Waals surface area contributed by atoms with E-state index >= 15 is 0 Å². The average Bonchev–Trinajstić information content (AvgIpc) is 2.91. The van der Waals surface area contributed by atoms with Gasteiger partial charge in [-0.25, -0.2) is 10.2 Å². The molecular weight excluding hydrogens is 460 g/mol. The fourth-order valence-corrected chi connectivity index (χ4v) is 4.72. The Hall–Kier alpha value is -4.56. The Morgan fingerprint density at radius 3 is 1.74 bits per heavy atom. The van der Waals surface area contributed by atoms with Gasteiger partial charge in [0.25, 0.3) is 11.8 Å². The maximum Gasteiger partial charge on any atom is 0.345 e. The minimum atomic E-state index is -0.481. The number of nitrogens with one attached hydrogen (secondary N) is 3. The van der Waals surface area contributed by atoms with Crippen molar-refractivity contribution in [3.63, 3.8) is 0 Å². The van der Waals surface area contributed by atoms with Gasteiger partial charge < -0.3 is 5.32 Å². The number of anilines is 3. The first-order valence-electron chi connectivity index (χ1n) is 10.8. The summed E-state index contributed by atoms with van der Waals surface area (Å²) in [7, 11) is 0.